The number of thiazole rings is 1. The lowest BCUT2D eigenvalue weighted by molar-refractivity contribution is -0.123. The fourth-order valence-corrected chi connectivity index (χ4v) is 3.95. The summed E-state index contributed by atoms with van der Waals surface area (Å²) in [4.78, 5) is 29.6. The molecule has 3 aromatic rings. The van der Waals surface area contributed by atoms with Crippen molar-refractivity contribution in [3.8, 4) is 22.8 Å². The van der Waals surface area contributed by atoms with Crippen LogP contribution in [0.15, 0.2) is 41.8 Å². The summed E-state index contributed by atoms with van der Waals surface area (Å²) < 4.78 is 16.4. The van der Waals surface area contributed by atoms with Crippen LogP contribution in [0.1, 0.15) is 37.6 Å². The van der Waals surface area contributed by atoms with Gasteiger partial charge in [0.15, 0.2) is 22.7 Å². The van der Waals surface area contributed by atoms with Gasteiger partial charge in [0.1, 0.15) is 0 Å². The fraction of sp³-hybridized carbons (Fsp3) is 0.320. The van der Waals surface area contributed by atoms with Crippen LogP contribution in [-0.4, -0.2) is 36.7 Å². The number of rotatable bonds is 10. The van der Waals surface area contributed by atoms with E-state index in [-0.39, 0.29) is 5.56 Å². The number of hydrogen-bond donors (Lipinski definition) is 1. The van der Waals surface area contributed by atoms with E-state index >= 15 is 0 Å². The molecule has 10 heteroatoms. The standard InChI is InChI=1S/C25H26Cl2N2O5S/c1-14(2)9-10-33-21-8-6-17(12-22(21)32-4)24(31)34-15(3)23(30)29-25-28-20(13-35-25)16-5-7-18(26)19(27)11-16/h5-8,11-15H,9-10H2,1-4H3,(H,28,29,30)/t15-/m1/s1. The normalized spacial score (nSPS) is 11.7. The van der Waals surface area contributed by atoms with E-state index in [1.54, 1.807) is 35.7 Å². The maximum absolute atomic E-state index is 12.6. The van der Waals surface area contributed by atoms with E-state index in [4.69, 9.17) is 37.4 Å². The molecule has 0 aliphatic rings. The lowest BCUT2D eigenvalue weighted by Gasteiger charge is -2.15. The third-order valence-electron chi connectivity index (χ3n) is 4.95. The van der Waals surface area contributed by atoms with Crippen LogP contribution in [0, 0.1) is 5.92 Å². The first-order valence-corrected chi connectivity index (χ1v) is 12.5. The minimum Gasteiger partial charge on any atom is -0.493 e. The Labute approximate surface area is 218 Å². The fourth-order valence-electron chi connectivity index (χ4n) is 2.93. The Balaban J connectivity index is 1.59. The average Bonchev–Trinajstić information content (AvgIpc) is 3.29. The number of nitrogens with one attached hydrogen (secondary N) is 1. The molecule has 0 radical (unpaired) electrons. The Morgan fingerprint density at radius 3 is 2.51 bits per heavy atom. The van der Waals surface area contributed by atoms with Gasteiger partial charge in [0, 0.05) is 10.9 Å². The summed E-state index contributed by atoms with van der Waals surface area (Å²) in [7, 11) is 1.50. The molecule has 35 heavy (non-hydrogen) atoms. The van der Waals surface area contributed by atoms with Gasteiger partial charge in [-0.15, -0.1) is 11.3 Å². The summed E-state index contributed by atoms with van der Waals surface area (Å²) in [5.41, 5.74) is 1.64. The molecular weight excluding hydrogens is 511 g/mol. The number of carbonyl (C=O) groups is 2. The van der Waals surface area contributed by atoms with Gasteiger partial charge in [0.25, 0.3) is 5.91 Å². The number of amides is 1. The molecule has 0 aliphatic carbocycles. The van der Waals surface area contributed by atoms with Crippen molar-refractivity contribution in [2.45, 2.75) is 33.3 Å². The number of anilines is 1. The SMILES string of the molecule is COc1cc(C(=O)O[C@H](C)C(=O)Nc2nc(-c3ccc(Cl)c(Cl)c3)cs2)ccc1OCCC(C)C. The Kier molecular flexibility index (Phi) is 9.37. The van der Waals surface area contributed by atoms with E-state index in [0.29, 0.717) is 44.9 Å². The van der Waals surface area contributed by atoms with Crippen LogP contribution >= 0.6 is 34.5 Å². The lowest BCUT2D eigenvalue weighted by Crippen LogP contribution is -2.30. The van der Waals surface area contributed by atoms with Crippen LogP contribution in [-0.2, 0) is 9.53 Å². The average molecular weight is 537 g/mol. The van der Waals surface area contributed by atoms with Gasteiger partial charge in [-0.05, 0) is 49.6 Å². The van der Waals surface area contributed by atoms with Crippen LogP contribution in [0.3, 0.4) is 0 Å². The van der Waals surface area contributed by atoms with Crippen molar-refractivity contribution in [1.82, 2.24) is 4.98 Å². The first kappa shape index (κ1) is 26.8. The molecule has 0 saturated heterocycles. The minimum atomic E-state index is -1.05. The highest BCUT2D eigenvalue weighted by Gasteiger charge is 2.21. The Bertz CT molecular complexity index is 1200. The monoisotopic (exact) mass is 536 g/mol. The molecule has 1 amide bonds. The smallest absolute Gasteiger partial charge is 0.339 e. The van der Waals surface area contributed by atoms with Crippen LogP contribution in [0.25, 0.3) is 11.3 Å². The largest absolute Gasteiger partial charge is 0.493 e. The molecule has 7 nitrogen and oxygen atoms in total. The second kappa shape index (κ2) is 12.2. The Hall–Kier alpha value is -2.81. The molecular formula is C25H26Cl2N2O5S. The summed E-state index contributed by atoms with van der Waals surface area (Å²) in [6.07, 6.45) is -0.152. The maximum atomic E-state index is 12.6. The van der Waals surface area contributed by atoms with Gasteiger partial charge in [-0.25, -0.2) is 9.78 Å². The van der Waals surface area contributed by atoms with E-state index in [2.05, 4.69) is 24.1 Å². The molecule has 0 bridgehead atoms. The van der Waals surface area contributed by atoms with Gasteiger partial charge in [-0.2, -0.15) is 0 Å². The predicted octanol–water partition coefficient (Wildman–Crippen LogP) is 6.73. The second-order valence-electron chi connectivity index (χ2n) is 8.10. The van der Waals surface area contributed by atoms with Crippen molar-refractivity contribution in [2.24, 2.45) is 5.92 Å². The lowest BCUT2D eigenvalue weighted by atomic mass is 10.1. The molecule has 2 aromatic carbocycles. The molecule has 1 atom stereocenters. The predicted molar refractivity (Wildman–Crippen MR) is 139 cm³/mol. The summed E-state index contributed by atoms with van der Waals surface area (Å²) in [6.45, 7) is 6.25. The summed E-state index contributed by atoms with van der Waals surface area (Å²) in [6, 6.07) is 9.92. The topological polar surface area (TPSA) is 86.8 Å². The van der Waals surface area contributed by atoms with Crippen LogP contribution in [0.4, 0.5) is 5.13 Å². The summed E-state index contributed by atoms with van der Waals surface area (Å²) >= 11 is 13.3. The number of aromatic nitrogens is 1. The molecule has 0 saturated carbocycles. The number of benzene rings is 2. The van der Waals surface area contributed by atoms with Crippen molar-refractivity contribution in [2.75, 3.05) is 19.0 Å². The zero-order chi connectivity index (χ0) is 25.5. The second-order valence-corrected chi connectivity index (χ2v) is 9.77. The van der Waals surface area contributed by atoms with Crippen molar-refractivity contribution >= 4 is 51.5 Å². The quantitative estimate of drug-likeness (QED) is 0.289. The molecule has 0 aliphatic heterocycles. The number of methoxy groups -OCH3 is 1. The zero-order valence-corrected chi connectivity index (χ0v) is 22.1. The van der Waals surface area contributed by atoms with Gasteiger partial charge in [0.05, 0.1) is 35.0 Å². The van der Waals surface area contributed by atoms with E-state index in [0.717, 1.165) is 12.0 Å². The Morgan fingerprint density at radius 1 is 1.06 bits per heavy atom. The van der Waals surface area contributed by atoms with Gasteiger partial charge >= 0.3 is 5.97 Å². The minimum absolute atomic E-state index is 0.244. The highest BCUT2D eigenvalue weighted by Crippen LogP contribution is 2.31. The summed E-state index contributed by atoms with van der Waals surface area (Å²) in [5, 5.41) is 5.67. The molecule has 0 fully saturated rings. The van der Waals surface area contributed by atoms with E-state index in [9.17, 15) is 9.59 Å². The van der Waals surface area contributed by atoms with Crippen molar-refractivity contribution in [3.05, 3.63) is 57.4 Å². The molecule has 0 spiro atoms. The molecule has 1 heterocycles. The van der Waals surface area contributed by atoms with E-state index in [1.165, 1.54) is 31.4 Å². The number of carbonyl (C=O) groups excluding carboxylic acids is 2. The van der Waals surface area contributed by atoms with E-state index < -0.39 is 18.0 Å². The highest BCUT2D eigenvalue weighted by atomic mass is 35.5. The van der Waals surface area contributed by atoms with Gasteiger partial charge in [-0.3, -0.25) is 10.1 Å². The third kappa shape index (κ3) is 7.34. The van der Waals surface area contributed by atoms with Crippen molar-refractivity contribution < 1.29 is 23.8 Å². The number of esters is 1. The van der Waals surface area contributed by atoms with E-state index in [1.807, 2.05) is 0 Å². The number of ether oxygens (including phenoxy) is 3. The first-order chi connectivity index (χ1) is 16.7. The van der Waals surface area contributed by atoms with Gasteiger partial charge in [-0.1, -0.05) is 43.1 Å². The van der Waals surface area contributed by atoms with Crippen molar-refractivity contribution in [1.29, 1.82) is 0 Å². The summed E-state index contributed by atoms with van der Waals surface area (Å²) in [5.74, 6) is 0.300. The molecule has 1 aromatic heterocycles. The molecule has 186 valence electrons. The van der Waals surface area contributed by atoms with Gasteiger partial charge < -0.3 is 14.2 Å². The number of nitrogens with zero attached hydrogens (tertiary/aromatic N) is 1. The highest BCUT2D eigenvalue weighted by molar-refractivity contribution is 7.14. The Morgan fingerprint density at radius 2 is 1.83 bits per heavy atom. The molecule has 3 rings (SSSR count). The molecule has 1 N–H and O–H groups in total. The van der Waals surface area contributed by atoms with Crippen molar-refractivity contribution in [3.63, 3.8) is 0 Å². The third-order valence-corrected chi connectivity index (χ3v) is 6.45. The maximum Gasteiger partial charge on any atom is 0.339 e. The van der Waals surface area contributed by atoms with Gasteiger partial charge in [0.2, 0.25) is 0 Å². The zero-order valence-electron chi connectivity index (χ0n) is 19.8. The first-order valence-electron chi connectivity index (χ1n) is 10.9. The van der Waals surface area contributed by atoms with Crippen LogP contribution in [0.2, 0.25) is 10.0 Å². The van der Waals surface area contributed by atoms with Crippen LogP contribution < -0.4 is 14.8 Å². The number of hydrogen-bond acceptors (Lipinski definition) is 7. The number of halogens is 2. The van der Waals surface area contributed by atoms with Crippen LogP contribution in [0.5, 0.6) is 11.5 Å². The molecule has 0 unspecified atom stereocenters.